The van der Waals surface area contributed by atoms with Crippen molar-refractivity contribution < 1.29 is 14.3 Å². The molecular weight excluding hydrogens is 429 g/mol. The van der Waals surface area contributed by atoms with Crippen LogP contribution in [-0.4, -0.2) is 13.0 Å². The van der Waals surface area contributed by atoms with E-state index in [1.165, 1.54) is 0 Å². The molecule has 0 aromatic heterocycles. The minimum atomic E-state index is -0.169. The average molecular weight is 445 g/mol. The number of amides is 1. The van der Waals surface area contributed by atoms with Crippen LogP contribution in [0.4, 0.5) is 5.69 Å². The molecule has 0 unspecified atom stereocenters. The molecule has 4 nitrogen and oxygen atoms in total. The number of nitrogens with one attached hydrogen (secondary N) is 1. The van der Waals surface area contributed by atoms with Crippen molar-refractivity contribution in [2.75, 3.05) is 12.4 Å². The number of benzene rings is 3. The molecule has 0 spiro atoms. The second-order valence-corrected chi connectivity index (χ2v) is 6.41. The maximum Gasteiger partial charge on any atom is 0.255 e. The van der Waals surface area contributed by atoms with Gasteiger partial charge >= 0.3 is 0 Å². The SMILES string of the molecule is COc1ccc(C(=O)Nc2ccc(Oc3ccccc3)cc2)cc1I. The van der Waals surface area contributed by atoms with Crippen LogP contribution in [-0.2, 0) is 0 Å². The van der Waals surface area contributed by atoms with Crippen molar-refractivity contribution in [2.24, 2.45) is 0 Å². The van der Waals surface area contributed by atoms with Crippen LogP contribution in [0, 0.1) is 3.57 Å². The van der Waals surface area contributed by atoms with E-state index in [4.69, 9.17) is 9.47 Å². The molecule has 3 aromatic rings. The highest BCUT2D eigenvalue weighted by molar-refractivity contribution is 14.1. The Morgan fingerprint density at radius 1 is 0.920 bits per heavy atom. The summed E-state index contributed by atoms with van der Waals surface area (Å²) in [6, 6.07) is 22.1. The second kappa shape index (κ2) is 8.02. The molecule has 25 heavy (non-hydrogen) atoms. The molecule has 0 atom stereocenters. The summed E-state index contributed by atoms with van der Waals surface area (Å²) in [5.74, 6) is 2.06. The molecule has 0 aliphatic carbocycles. The minimum Gasteiger partial charge on any atom is -0.496 e. The number of para-hydroxylation sites is 1. The number of carbonyl (C=O) groups excluding carboxylic acids is 1. The third-order valence-electron chi connectivity index (χ3n) is 3.51. The topological polar surface area (TPSA) is 47.6 Å². The minimum absolute atomic E-state index is 0.169. The van der Waals surface area contributed by atoms with E-state index in [-0.39, 0.29) is 5.91 Å². The zero-order valence-corrected chi connectivity index (χ0v) is 15.7. The largest absolute Gasteiger partial charge is 0.496 e. The zero-order chi connectivity index (χ0) is 17.6. The van der Waals surface area contributed by atoms with Gasteiger partial charge in [-0.2, -0.15) is 0 Å². The van der Waals surface area contributed by atoms with Gasteiger partial charge in [-0.1, -0.05) is 18.2 Å². The number of hydrogen-bond acceptors (Lipinski definition) is 3. The normalized spacial score (nSPS) is 10.2. The first-order chi connectivity index (χ1) is 12.2. The van der Waals surface area contributed by atoms with Gasteiger partial charge in [-0.05, 0) is 77.2 Å². The van der Waals surface area contributed by atoms with Crippen molar-refractivity contribution in [3.05, 3.63) is 81.9 Å². The first-order valence-electron chi connectivity index (χ1n) is 7.63. The first kappa shape index (κ1) is 17.3. The number of halogens is 1. The number of rotatable bonds is 5. The molecule has 0 aliphatic heterocycles. The second-order valence-electron chi connectivity index (χ2n) is 5.24. The molecule has 0 saturated carbocycles. The van der Waals surface area contributed by atoms with E-state index < -0.39 is 0 Å². The Morgan fingerprint density at radius 2 is 1.60 bits per heavy atom. The third kappa shape index (κ3) is 4.51. The van der Waals surface area contributed by atoms with Gasteiger partial charge in [0.2, 0.25) is 0 Å². The van der Waals surface area contributed by atoms with Crippen LogP contribution >= 0.6 is 22.6 Å². The molecule has 3 rings (SSSR count). The number of anilines is 1. The summed E-state index contributed by atoms with van der Waals surface area (Å²) in [4.78, 5) is 12.4. The predicted molar refractivity (Wildman–Crippen MR) is 107 cm³/mol. The van der Waals surface area contributed by atoms with Crippen LogP contribution in [0.25, 0.3) is 0 Å². The fourth-order valence-corrected chi connectivity index (χ4v) is 2.98. The van der Waals surface area contributed by atoms with Crippen LogP contribution in [0.2, 0.25) is 0 Å². The molecule has 0 radical (unpaired) electrons. The van der Waals surface area contributed by atoms with E-state index in [1.54, 1.807) is 25.3 Å². The van der Waals surface area contributed by atoms with E-state index in [0.717, 1.165) is 15.1 Å². The van der Waals surface area contributed by atoms with Gasteiger partial charge in [-0.3, -0.25) is 4.79 Å². The van der Waals surface area contributed by atoms with Gasteiger partial charge in [0, 0.05) is 11.3 Å². The molecule has 1 amide bonds. The Labute approximate surface area is 159 Å². The quantitative estimate of drug-likeness (QED) is 0.540. The lowest BCUT2D eigenvalue weighted by Crippen LogP contribution is -2.12. The van der Waals surface area contributed by atoms with E-state index in [1.807, 2.05) is 54.6 Å². The Kier molecular flexibility index (Phi) is 5.55. The highest BCUT2D eigenvalue weighted by atomic mass is 127. The predicted octanol–water partition coefficient (Wildman–Crippen LogP) is 5.34. The maximum absolute atomic E-state index is 12.4. The monoisotopic (exact) mass is 445 g/mol. The Hall–Kier alpha value is -2.54. The van der Waals surface area contributed by atoms with Gasteiger partial charge < -0.3 is 14.8 Å². The molecular formula is C20H16INO3. The number of hydrogen-bond donors (Lipinski definition) is 1. The van der Waals surface area contributed by atoms with Crippen LogP contribution in [0.3, 0.4) is 0 Å². The van der Waals surface area contributed by atoms with E-state index in [0.29, 0.717) is 17.0 Å². The van der Waals surface area contributed by atoms with Gasteiger partial charge in [0.25, 0.3) is 5.91 Å². The summed E-state index contributed by atoms with van der Waals surface area (Å²) in [7, 11) is 1.61. The lowest BCUT2D eigenvalue weighted by atomic mass is 10.2. The van der Waals surface area contributed by atoms with Gasteiger partial charge in [-0.25, -0.2) is 0 Å². The Morgan fingerprint density at radius 3 is 2.24 bits per heavy atom. The molecule has 1 N–H and O–H groups in total. The van der Waals surface area contributed by atoms with Gasteiger partial charge in [-0.15, -0.1) is 0 Å². The molecule has 0 bridgehead atoms. The third-order valence-corrected chi connectivity index (χ3v) is 4.35. The van der Waals surface area contributed by atoms with Crippen molar-refractivity contribution >= 4 is 34.2 Å². The molecule has 0 saturated heterocycles. The van der Waals surface area contributed by atoms with Crippen LogP contribution < -0.4 is 14.8 Å². The van der Waals surface area contributed by atoms with Crippen LogP contribution in [0.1, 0.15) is 10.4 Å². The van der Waals surface area contributed by atoms with Gasteiger partial charge in [0.15, 0.2) is 0 Å². The molecule has 126 valence electrons. The van der Waals surface area contributed by atoms with Crippen molar-refractivity contribution in [3.8, 4) is 17.2 Å². The first-order valence-corrected chi connectivity index (χ1v) is 8.71. The van der Waals surface area contributed by atoms with Crippen LogP contribution in [0.5, 0.6) is 17.2 Å². The summed E-state index contributed by atoms with van der Waals surface area (Å²) in [5, 5.41) is 2.88. The van der Waals surface area contributed by atoms with Crippen LogP contribution in [0.15, 0.2) is 72.8 Å². The van der Waals surface area contributed by atoms with E-state index in [9.17, 15) is 4.79 Å². The molecule has 3 aromatic carbocycles. The number of methoxy groups -OCH3 is 1. The molecule has 0 heterocycles. The highest BCUT2D eigenvalue weighted by Gasteiger charge is 2.09. The molecule has 5 heteroatoms. The van der Waals surface area contributed by atoms with Gasteiger partial charge in [0.05, 0.1) is 10.7 Å². The Bertz CT molecular complexity index is 864. The summed E-state index contributed by atoms with van der Waals surface area (Å²) in [5.41, 5.74) is 1.28. The number of carbonyl (C=O) groups is 1. The van der Waals surface area contributed by atoms with E-state index >= 15 is 0 Å². The fraction of sp³-hybridized carbons (Fsp3) is 0.0500. The van der Waals surface area contributed by atoms with Crippen molar-refractivity contribution in [3.63, 3.8) is 0 Å². The maximum atomic E-state index is 12.4. The smallest absolute Gasteiger partial charge is 0.255 e. The Balaban J connectivity index is 1.66. The molecule has 0 aliphatic rings. The van der Waals surface area contributed by atoms with Crippen molar-refractivity contribution in [1.29, 1.82) is 0 Å². The average Bonchev–Trinajstić information content (AvgIpc) is 2.64. The van der Waals surface area contributed by atoms with Crippen molar-refractivity contribution in [1.82, 2.24) is 0 Å². The zero-order valence-electron chi connectivity index (χ0n) is 13.5. The van der Waals surface area contributed by atoms with Gasteiger partial charge in [0.1, 0.15) is 17.2 Å². The summed E-state index contributed by atoms with van der Waals surface area (Å²) >= 11 is 2.14. The lowest BCUT2D eigenvalue weighted by molar-refractivity contribution is 0.102. The van der Waals surface area contributed by atoms with Crippen molar-refractivity contribution in [2.45, 2.75) is 0 Å². The fourth-order valence-electron chi connectivity index (χ4n) is 2.24. The summed E-state index contributed by atoms with van der Waals surface area (Å²) in [6.45, 7) is 0. The van der Waals surface area contributed by atoms with E-state index in [2.05, 4.69) is 27.9 Å². The summed E-state index contributed by atoms with van der Waals surface area (Å²) in [6.07, 6.45) is 0. The number of ether oxygens (including phenoxy) is 2. The summed E-state index contributed by atoms with van der Waals surface area (Å²) < 4.78 is 11.8. The highest BCUT2D eigenvalue weighted by Crippen LogP contribution is 2.24. The molecule has 0 fully saturated rings. The lowest BCUT2D eigenvalue weighted by Gasteiger charge is -2.09. The standard InChI is InChI=1S/C20H16INO3/c1-24-19-12-7-14(13-18(19)21)20(23)22-15-8-10-17(11-9-15)25-16-5-3-2-4-6-16/h2-13H,1H3,(H,22,23).